The van der Waals surface area contributed by atoms with Gasteiger partial charge in [-0.1, -0.05) is 6.07 Å². The van der Waals surface area contributed by atoms with Gasteiger partial charge in [-0.2, -0.15) is 0 Å². The van der Waals surface area contributed by atoms with Crippen molar-refractivity contribution in [3.63, 3.8) is 0 Å². The third-order valence-electron chi connectivity index (χ3n) is 3.04. The van der Waals surface area contributed by atoms with Crippen molar-refractivity contribution >= 4 is 15.7 Å². The Morgan fingerprint density at radius 2 is 2.06 bits per heavy atom. The standard InChI is InChI=1S/C12H19N3O2S/c1-10(13)8-11-2-3-12(14-9-11)15-4-6-18(16,17)7-5-15/h2-3,9-10H,4-8,13H2,1H3. The van der Waals surface area contributed by atoms with Crippen LogP contribution < -0.4 is 10.6 Å². The topological polar surface area (TPSA) is 76.3 Å². The lowest BCUT2D eigenvalue weighted by atomic mass is 10.1. The Bertz CT molecular complexity index is 483. The highest BCUT2D eigenvalue weighted by atomic mass is 32.2. The number of sulfone groups is 1. The van der Waals surface area contributed by atoms with Crippen LogP contribution in [-0.2, 0) is 16.3 Å². The Balaban J connectivity index is 2.02. The van der Waals surface area contributed by atoms with Crippen molar-refractivity contribution in [2.24, 2.45) is 5.73 Å². The van der Waals surface area contributed by atoms with Crippen LogP contribution in [0, 0.1) is 0 Å². The van der Waals surface area contributed by atoms with Crippen molar-refractivity contribution in [2.75, 3.05) is 29.5 Å². The Kier molecular flexibility index (Phi) is 3.87. The number of nitrogens with two attached hydrogens (primary N) is 1. The van der Waals surface area contributed by atoms with Gasteiger partial charge in [0.2, 0.25) is 0 Å². The number of aromatic nitrogens is 1. The molecule has 0 aliphatic carbocycles. The van der Waals surface area contributed by atoms with Gasteiger partial charge in [0.15, 0.2) is 9.84 Å². The molecule has 0 radical (unpaired) electrons. The van der Waals surface area contributed by atoms with Crippen LogP contribution >= 0.6 is 0 Å². The van der Waals surface area contributed by atoms with Gasteiger partial charge in [-0.15, -0.1) is 0 Å². The molecule has 1 aliphatic rings. The Labute approximate surface area is 108 Å². The maximum atomic E-state index is 11.3. The summed E-state index contributed by atoms with van der Waals surface area (Å²) in [5.74, 6) is 1.28. The summed E-state index contributed by atoms with van der Waals surface area (Å²) < 4.78 is 22.7. The second-order valence-corrected chi connectivity index (χ2v) is 7.15. The molecule has 2 heterocycles. The van der Waals surface area contributed by atoms with Crippen molar-refractivity contribution in [2.45, 2.75) is 19.4 Å². The fraction of sp³-hybridized carbons (Fsp3) is 0.583. The van der Waals surface area contributed by atoms with E-state index in [1.807, 2.05) is 30.2 Å². The quantitative estimate of drug-likeness (QED) is 0.848. The third-order valence-corrected chi connectivity index (χ3v) is 4.64. The van der Waals surface area contributed by atoms with Crippen molar-refractivity contribution in [3.8, 4) is 0 Å². The first-order valence-electron chi connectivity index (χ1n) is 6.12. The van der Waals surface area contributed by atoms with E-state index < -0.39 is 9.84 Å². The van der Waals surface area contributed by atoms with Crippen molar-refractivity contribution in [1.29, 1.82) is 0 Å². The molecule has 0 amide bonds. The monoisotopic (exact) mass is 269 g/mol. The summed E-state index contributed by atoms with van der Waals surface area (Å²) in [6.07, 6.45) is 2.63. The molecule has 1 aliphatic heterocycles. The van der Waals surface area contributed by atoms with Gasteiger partial charge in [0.05, 0.1) is 11.5 Å². The first-order chi connectivity index (χ1) is 8.46. The number of nitrogens with zero attached hydrogens (tertiary/aromatic N) is 2. The Morgan fingerprint density at radius 1 is 1.39 bits per heavy atom. The lowest BCUT2D eigenvalue weighted by Gasteiger charge is -2.27. The summed E-state index contributed by atoms with van der Waals surface area (Å²) in [4.78, 5) is 6.39. The highest BCUT2D eigenvalue weighted by molar-refractivity contribution is 7.91. The lowest BCUT2D eigenvalue weighted by Crippen LogP contribution is -2.40. The van der Waals surface area contributed by atoms with Gasteiger partial charge in [-0.05, 0) is 25.0 Å². The van der Waals surface area contributed by atoms with E-state index in [0.717, 1.165) is 17.8 Å². The first kappa shape index (κ1) is 13.3. The smallest absolute Gasteiger partial charge is 0.153 e. The van der Waals surface area contributed by atoms with Gasteiger partial charge in [-0.25, -0.2) is 13.4 Å². The fourth-order valence-electron chi connectivity index (χ4n) is 2.04. The van der Waals surface area contributed by atoms with Crippen LogP contribution in [0.1, 0.15) is 12.5 Å². The first-order valence-corrected chi connectivity index (χ1v) is 7.94. The molecule has 1 aromatic rings. The largest absolute Gasteiger partial charge is 0.355 e. The second-order valence-electron chi connectivity index (χ2n) is 4.84. The van der Waals surface area contributed by atoms with Crippen molar-refractivity contribution in [1.82, 2.24) is 4.98 Å². The summed E-state index contributed by atoms with van der Waals surface area (Å²) >= 11 is 0. The van der Waals surface area contributed by atoms with Crippen LogP contribution in [0.25, 0.3) is 0 Å². The maximum Gasteiger partial charge on any atom is 0.153 e. The van der Waals surface area contributed by atoms with E-state index in [0.29, 0.717) is 13.1 Å². The van der Waals surface area contributed by atoms with E-state index in [4.69, 9.17) is 5.73 Å². The maximum absolute atomic E-state index is 11.3. The van der Waals surface area contributed by atoms with Gasteiger partial charge in [0.1, 0.15) is 5.82 Å². The molecule has 0 spiro atoms. The SMILES string of the molecule is CC(N)Cc1ccc(N2CCS(=O)(=O)CC2)nc1. The summed E-state index contributed by atoms with van der Waals surface area (Å²) in [6, 6.07) is 4.07. The van der Waals surface area contributed by atoms with Crippen LogP contribution in [0.4, 0.5) is 5.82 Å². The molecule has 6 heteroatoms. The molecular weight excluding hydrogens is 250 g/mol. The molecule has 18 heavy (non-hydrogen) atoms. The summed E-state index contributed by atoms with van der Waals surface area (Å²) in [7, 11) is -2.83. The number of rotatable bonds is 3. The van der Waals surface area contributed by atoms with Crippen molar-refractivity contribution in [3.05, 3.63) is 23.9 Å². The number of hydrogen-bond donors (Lipinski definition) is 1. The molecule has 0 saturated carbocycles. The fourth-order valence-corrected chi connectivity index (χ4v) is 3.24. The zero-order valence-corrected chi connectivity index (χ0v) is 11.4. The van der Waals surface area contributed by atoms with Gasteiger partial charge < -0.3 is 10.6 Å². The van der Waals surface area contributed by atoms with Crippen LogP contribution in [0.2, 0.25) is 0 Å². The highest BCUT2D eigenvalue weighted by Gasteiger charge is 2.22. The van der Waals surface area contributed by atoms with E-state index in [2.05, 4.69) is 4.98 Å². The number of hydrogen-bond acceptors (Lipinski definition) is 5. The summed E-state index contributed by atoms with van der Waals surface area (Å²) in [5, 5.41) is 0. The predicted molar refractivity (Wildman–Crippen MR) is 72.5 cm³/mol. The van der Waals surface area contributed by atoms with Gasteiger partial charge in [0, 0.05) is 25.3 Å². The zero-order valence-electron chi connectivity index (χ0n) is 10.5. The lowest BCUT2D eigenvalue weighted by molar-refractivity contribution is 0.586. The molecule has 2 rings (SSSR count). The minimum atomic E-state index is -2.83. The van der Waals surface area contributed by atoms with Crippen LogP contribution in [0.3, 0.4) is 0 Å². The average Bonchev–Trinajstić information content (AvgIpc) is 2.30. The molecule has 5 nitrogen and oxygen atoms in total. The van der Waals surface area contributed by atoms with Crippen LogP contribution in [0.5, 0.6) is 0 Å². The number of pyridine rings is 1. The van der Waals surface area contributed by atoms with Gasteiger partial charge in [0.25, 0.3) is 0 Å². The molecule has 2 N–H and O–H groups in total. The molecule has 0 bridgehead atoms. The van der Waals surface area contributed by atoms with E-state index in [9.17, 15) is 8.42 Å². The molecule has 100 valence electrons. The normalized spacial score (nSPS) is 20.7. The third kappa shape index (κ3) is 3.43. The molecular formula is C12H19N3O2S. The molecule has 1 fully saturated rings. The van der Waals surface area contributed by atoms with E-state index in [1.165, 1.54) is 0 Å². The molecule has 1 unspecified atom stereocenters. The van der Waals surface area contributed by atoms with Gasteiger partial charge in [-0.3, -0.25) is 0 Å². The van der Waals surface area contributed by atoms with Crippen LogP contribution in [0.15, 0.2) is 18.3 Å². The Morgan fingerprint density at radius 3 is 2.56 bits per heavy atom. The Hall–Kier alpha value is -1.14. The summed E-state index contributed by atoms with van der Waals surface area (Å²) in [6.45, 7) is 3.02. The van der Waals surface area contributed by atoms with E-state index >= 15 is 0 Å². The second kappa shape index (κ2) is 5.24. The summed E-state index contributed by atoms with van der Waals surface area (Å²) in [5.41, 5.74) is 6.84. The molecule has 0 aromatic carbocycles. The van der Waals surface area contributed by atoms with Crippen molar-refractivity contribution < 1.29 is 8.42 Å². The minimum Gasteiger partial charge on any atom is -0.355 e. The van der Waals surface area contributed by atoms with Crippen LogP contribution in [-0.4, -0.2) is 44.0 Å². The predicted octanol–water partition coefficient (Wildman–Crippen LogP) is 0.206. The average molecular weight is 269 g/mol. The van der Waals surface area contributed by atoms with E-state index in [1.54, 1.807) is 0 Å². The number of anilines is 1. The van der Waals surface area contributed by atoms with Gasteiger partial charge >= 0.3 is 0 Å². The highest BCUT2D eigenvalue weighted by Crippen LogP contribution is 2.15. The zero-order chi connectivity index (χ0) is 13.2. The molecule has 1 saturated heterocycles. The van der Waals surface area contributed by atoms with E-state index in [-0.39, 0.29) is 17.5 Å². The molecule has 1 aromatic heterocycles. The minimum absolute atomic E-state index is 0.123. The molecule has 1 atom stereocenters.